The van der Waals surface area contributed by atoms with Crippen molar-refractivity contribution in [3.63, 3.8) is 0 Å². The minimum absolute atomic E-state index is 0.101. The van der Waals surface area contributed by atoms with Gasteiger partial charge >= 0.3 is 0 Å². The first-order valence-corrected chi connectivity index (χ1v) is 4.80. The summed E-state index contributed by atoms with van der Waals surface area (Å²) >= 11 is 0. The third-order valence-corrected chi connectivity index (χ3v) is 2.05. The summed E-state index contributed by atoms with van der Waals surface area (Å²) in [6.45, 7) is 7.25. The molecule has 1 aromatic rings. The van der Waals surface area contributed by atoms with Crippen LogP contribution < -0.4 is 0 Å². The van der Waals surface area contributed by atoms with Gasteiger partial charge in [0.15, 0.2) is 5.78 Å². The van der Waals surface area contributed by atoms with Gasteiger partial charge in [-0.05, 0) is 5.57 Å². The molecule has 76 valence electrons. The predicted molar refractivity (Wildman–Crippen MR) is 63.9 cm³/mol. The molecule has 1 heteroatoms. The van der Waals surface area contributed by atoms with Gasteiger partial charge in [0.05, 0.1) is 0 Å². The molecule has 0 bridgehead atoms. The van der Waals surface area contributed by atoms with E-state index in [1.165, 1.54) is 0 Å². The molecule has 0 N–H and O–H groups in total. The zero-order valence-electron chi connectivity index (χ0n) is 8.65. The molecule has 0 aliphatic heterocycles. The van der Waals surface area contributed by atoms with Gasteiger partial charge < -0.3 is 0 Å². The van der Waals surface area contributed by atoms with Crippen molar-refractivity contribution in [2.45, 2.75) is 6.42 Å². The maximum atomic E-state index is 11.8. The van der Waals surface area contributed by atoms with Crippen molar-refractivity contribution in [1.82, 2.24) is 0 Å². The van der Waals surface area contributed by atoms with Crippen molar-refractivity contribution in [2.24, 2.45) is 0 Å². The topological polar surface area (TPSA) is 17.1 Å². The molecule has 0 amide bonds. The molecule has 15 heavy (non-hydrogen) atoms. The SMILES string of the molecule is C=C/C=C(\C=C)CC(=O)c1ccccc1. The predicted octanol–water partition coefficient (Wildman–Crippen LogP) is 3.56. The first-order valence-electron chi connectivity index (χ1n) is 4.80. The summed E-state index contributed by atoms with van der Waals surface area (Å²) in [5.41, 5.74) is 1.62. The minimum atomic E-state index is 0.101. The number of carbonyl (C=O) groups excluding carboxylic acids is 1. The number of Topliss-reactive ketones (excluding diaryl/α,β-unsaturated/α-hetero) is 1. The number of hydrogen-bond donors (Lipinski definition) is 0. The fourth-order valence-electron chi connectivity index (χ4n) is 1.26. The Bertz CT molecular complexity index is 385. The first-order chi connectivity index (χ1) is 7.27. The van der Waals surface area contributed by atoms with Crippen molar-refractivity contribution in [1.29, 1.82) is 0 Å². The second kappa shape index (κ2) is 5.76. The summed E-state index contributed by atoms with van der Waals surface area (Å²) in [5, 5.41) is 0. The fraction of sp³-hybridized carbons (Fsp3) is 0.0714. The molecule has 0 aliphatic carbocycles. The van der Waals surface area contributed by atoms with E-state index in [4.69, 9.17) is 0 Å². The Morgan fingerprint density at radius 1 is 1.20 bits per heavy atom. The summed E-state index contributed by atoms with van der Waals surface area (Å²) in [6, 6.07) is 9.24. The maximum absolute atomic E-state index is 11.8. The minimum Gasteiger partial charge on any atom is -0.294 e. The average Bonchev–Trinajstić information content (AvgIpc) is 2.29. The molecule has 0 atom stereocenters. The second-order valence-electron chi connectivity index (χ2n) is 3.15. The van der Waals surface area contributed by atoms with Crippen molar-refractivity contribution in [3.8, 4) is 0 Å². The van der Waals surface area contributed by atoms with Gasteiger partial charge in [-0.15, -0.1) is 0 Å². The monoisotopic (exact) mass is 198 g/mol. The Morgan fingerprint density at radius 2 is 1.87 bits per heavy atom. The molecule has 1 rings (SSSR count). The lowest BCUT2D eigenvalue weighted by molar-refractivity contribution is 0.0994. The lowest BCUT2D eigenvalue weighted by Gasteiger charge is -2.00. The van der Waals surface area contributed by atoms with Crippen LogP contribution in [0.25, 0.3) is 0 Å². The normalized spacial score (nSPS) is 10.8. The van der Waals surface area contributed by atoms with Gasteiger partial charge in [0, 0.05) is 12.0 Å². The van der Waals surface area contributed by atoms with Crippen molar-refractivity contribution in [2.75, 3.05) is 0 Å². The molecular weight excluding hydrogens is 184 g/mol. The lowest BCUT2D eigenvalue weighted by atomic mass is 10.0. The Kier molecular flexibility index (Phi) is 4.30. The average molecular weight is 198 g/mol. The smallest absolute Gasteiger partial charge is 0.167 e. The van der Waals surface area contributed by atoms with Crippen LogP contribution in [-0.4, -0.2) is 5.78 Å². The molecule has 0 fully saturated rings. The highest BCUT2D eigenvalue weighted by Gasteiger charge is 2.05. The number of carbonyl (C=O) groups is 1. The van der Waals surface area contributed by atoms with Crippen molar-refractivity contribution < 1.29 is 4.79 Å². The fourth-order valence-corrected chi connectivity index (χ4v) is 1.26. The molecule has 0 heterocycles. The molecule has 0 aliphatic rings. The molecule has 0 saturated heterocycles. The van der Waals surface area contributed by atoms with Crippen LogP contribution in [0.4, 0.5) is 0 Å². The zero-order valence-corrected chi connectivity index (χ0v) is 8.65. The van der Waals surface area contributed by atoms with E-state index in [9.17, 15) is 4.79 Å². The van der Waals surface area contributed by atoms with E-state index in [2.05, 4.69) is 13.2 Å². The van der Waals surface area contributed by atoms with Crippen LogP contribution >= 0.6 is 0 Å². The van der Waals surface area contributed by atoms with Crippen LogP contribution in [-0.2, 0) is 0 Å². The Morgan fingerprint density at radius 3 is 2.40 bits per heavy atom. The van der Waals surface area contributed by atoms with Crippen LogP contribution in [0.3, 0.4) is 0 Å². The van der Waals surface area contributed by atoms with Crippen molar-refractivity contribution >= 4 is 5.78 Å². The molecule has 0 aromatic heterocycles. The highest BCUT2D eigenvalue weighted by Crippen LogP contribution is 2.10. The molecule has 0 unspecified atom stereocenters. The third-order valence-electron chi connectivity index (χ3n) is 2.05. The van der Waals surface area contributed by atoms with Gasteiger partial charge in [-0.3, -0.25) is 4.79 Å². The van der Waals surface area contributed by atoms with Gasteiger partial charge in [0.2, 0.25) is 0 Å². The summed E-state index contributed by atoms with van der Waals surface area (Å²) in [5.74, 6) is 0.101. The molecule has 0 spiro atoms. The van der Waals surface area contributed by atoms with E-state index >= 15 is 0 Å². The molecule has 0 radical (unpaired) electrons. The third kappa shape index (κ3) is 3.39. The first kappa shape index (κ1) is 11.2. The highest BCUT2D eigenvalue weighted by atomic mass is 16.1. The Labute approximate surface area is 90.4 Å². The van der Waals surface area contributed by atoms with Gasteiger partial charge in [0.1, 0.15) is 0 Å². The van der Waals surface area contributed by atoms with Crippen molar-refractivity contribution in [3.05, 3.63) is 72.9 Å². The zero-order chi connectivity index (χ0) is 11.1. The maximum Gasteiger partial charge on any atom is 0.167 e. The van der Waals surface area contributed by atoms with Gasteiger partial charge in [-0.2, -0.15) is 0 Å². The van der Waals surface area contributed by atoms with E-state index < -0.39 is 0 Å². The largest absolute Gasteiger partial charge is 0.294 e. The van der Waals surface area contributed by atoms with E-state index in [1.54, 1.807) is 18.2 Å². The van der Waals surface area contributed by atoms with Crippen LogP contribution in [0.1, 0.15) is 16.8 Å². The van der Waals surface area contributed by atoms with Gasteiger partial charge in [-0.25, -0.2) is 0 Å². The standard InChI is InChI=1S/C14H14O/c1-3-8-12(4-2)11-14(15)13-9-6-5-7-10-13/h3-10H,1-2,11H2/b12-8+. The Hall–Kier alpha value is -1.89. The number of rotatable bonds is 5. The van der Waals surface area contributed by atoms with Crippen LogP contribution in [0.15, 0.2) is 67.3 Å². The highest BCUT2D eigenvalue weighted by molar-refractivity contribution is 5.97. The molecular formula is C14H14O. The Balaban J connectivity index is 2.75. The number of hydrogen-bond acceptors (Lipinski definition) is 1. The van der Waals surface area contributed by atoms with Crippen LogP contribution in [0.2, 0.25) is 0 Å². The quantitative estimate of drug-likeness (QED) is 0.522. The summed E-state index contributed by atoms with van der Waals surface area (Å²) in [7, 11) is 0. The van der Waals surface area contributed by atoms with E-state index in [1.807, 2.05) is 30.3 Å². The number of benzene rings is 1. The summed E-state index contributed by atoms with van der Waals surface area (Å²) in [6.07, 6.45) is 5.52. The molecule has 1 aromatic carbocycles. The van der Waals surface area contributed by atoms with E-state index in [-0.39, 0.29) is 5.78 Å². The van der Waals surface area contributed by atoms with Gasteiger partial charge in [-0.1, -0.05) is 61.7 Å². The summed E-state index contributed by atoms with van der Waals surface area (Å²) < 4.78 is 0. The van der Waals surface area contributed by atoms with Gasteiger partial charge in [0.25, 0.3) is 0 Å². The number of allylic oxidation sites excluding steroid dienone is 4. The van der Waals surface area contributed by atoms with Crippen LogP contribution in [0.5, 0.6) is 0 Å². The van der Waals surface area contributed by atoms with E-state index in [0.717, 1.165) is 11.1 Å². The molecule has 0 saturated carbocycles. The van der Waals surface area contributed by atoms with Crippen LogP contribution in [0, 0.1) is 0 Å². The summed E-state index contributed by atoms with van der Waals surface area (Å²) in [4.78, 5) is 11.8. The second-order valence-corrected chi connectivity index (χ2v) is 3.15. The molecule has 1 nitrogen and oxygen atoms in total. The number of ketones is 1. The van der Waals surface area contributed by atoms with E-state index in [0.29, 0.717) is 6.42 Å². The lowest BCUT2D eigenvalue weighted by Crippen LogP contribution is -1.99.